The van der Waals surface area contributed by atoms with Gasteiger partial charge < -0.3 is 19.6 Å². The number of ether oxygens (including phenoxy) is 1. The summed E-state index contributed by atoms with van der Waals surface area (Å²) in [7, 11) is 5.51. The fourth-order valence-electron chi connectivity index (χ4n) is 3.58. The fraction of sp³-hybridized carbons (Fsp3) is 0.364. The molecule has 3 rings (SSSR count). The van der Waals surface area contributed by atoms with Gasteiger partial charge >= 0.3 is 0 Å². The number of rotatable bonds is 7. The molecule has 2 aromatic rings. The van der Waals surface area contributed by atoms with Crippen LogP contribution in [0.5, 0.6) is 5.75 Å². The summed E-state index contributed by atoms with van der Waals surface area (Å²) in [6.45, 7) is 3.09. The maximum Gasteiger partial charge on any atom is 0.295 e. The van der Waals surface area contributed by atoms with Crippen molar-refractivity contribution < 1.29 is 19.4 Å². The highest BCUT2D eigenvalue weighted by Gasteiger charge is 2.46. The Bertz CT molecular complexity index is 934. The minimum Gasteiger partial charge on any atom is -0.507 e. The summed E-state index contributed by atoms with van der Waals surface area (Å²) in [5, 5.41) is 13.0. The van der Waals surface area contributed by atoms with Gasteiger partial charge in [-0.05, 0) is 69.2 Å². The first-order valence-corrected chi connectivity index (χ1v) is 10.3. The van der Waals surface area contributed by atoms with Crippen molar-refractivity contribution in [3.05, 3.63) is 57.3 Å². The number of carbonyl (C=O) groups excluding carboxylic acids is 2. The number of Topliss-reactive ketones (excluding diaryl/α,β-unsaturated/α-hetero) is 1. The molecule has 1 N–H and O–H groups in total. The van der Waals surface area contributed by atoms with Crippen molar-refractivity contribution in [2.24, 2.45) is 0 Å². The van der Waals surface area contributed by atoms with Crippen LogP contribution in [0.15, 0.2) is 41.3 Å². The zero-order chi connectivity index (χ0) is 21.1. The number of benzene rings is 1. The zero-order valence-electron chi connectivity index (χ0n) is 17.1. The van der Waals surface area contributed by atoms with Gasteiger partial charge in [0.15, 0.2) is 0 Å². The van der Waals surface area contributed by atoms with Crippen LogP contribution in [0.2, 0.25) is 0 Å². The number of ketones is 1. The Morgan fingerprint density at radius 1 is 1.28 bits per heavy atom. The van der Waals surface area contributed by atoms with E-state index in [0.29, 0.717) is 17.9 Å². The van der Waals surface area contributed by atoms with Gasteiger partial charge in [0.05, 0.1) is 18.7 Å². The highest BCUT2D eigenvalue weighted by molar-refractivity contribution is 7.10. The van der Waals surface area contributed by atoms with Gasteiger partial charge in [-0.2, -0.15) is 0 Å². The number of methoxy groups -OCH3 is 1. The summed E-state index contributed by atoms with van der Waals surface area (Å²) >= 11 is 1.47. The molecule has 1 amide bonds. The quantitative estimate of drug-likeness (QED) is 0.427. The number of likely N-dealkylation sites (tertiary alicyclic amines) is 1. The number of aliphatic hydroxyl groups is 1. The van der Waals surface area contributed by atoms with Gasteiger partial charge in [0.1, 0.15) is 11.5 Å². The minimum atomic E-state index is -0.638. The number of aryl methyl sites for hydroxylation is 1. The average molecular weight is 415 g/mol. The lowest BCUT2D eigenvalue weighted by atomic mass is 9.97. The van der Waals surface area contributed by atoms with E-state index >= 15 is 0 Å². The normalized spacial score (nSPS) is 18.7. The largest absolute Gasteiger partial charge is 0.507 e. The molecule has 6 nitrogen and oxygen atoms in total. The zero-order valence-corrected chi connectivity index (χ0v) is 18.0. The average Bonchev–Trinajstić information content (AvgIpc) is 3.29. The van der Waals surface area contributed by atoms with Crippen LogP contribution in [0, 0.1) is 6.92 Å². The summed E-state index contributed by atoms with van der Waals surface area (Å²) in [4.78, 5) is 30.2. The number of thiophene rings is 1. The molecule has 1 aliphatic heterocycles. The second-order valence-electron chi connectivity index (χ2n) is 7.35. The molecule has 0 aliphatic carbocycles. The van der Waals surface area contributed by atoms with Gasteiger partial charge in [-0.3, -0.25) is 9.59 Å². The summed E-state index contributed by atoms with van der Waals surface area (Å²) in [6, 6.07) is 8.46. The first kappa shape index (κ1) is 21.1. The van der Waals surface area contributed by atoms with E-state index in [1.165, 1.54) is 11.3 Å². The highest BCUT2D eigenvalue weighted by Crippen LogP contribution is 2.41. The number of hydrogen-bond acceptors (Lipinski definition) is 6. The van der Waals surface area contributed by atoms with Crippen LogP contribution in [0.4, 0.5) is 0 Å². The van der Waals surface area contributed by atoms with E-state index in [2.05, 4.69) is 0 Å². The Kier molecular flexibility index (Phi) is 6.39. The molecule has 0 saturated carbocycles. The van der Waals surface area contributed by atoms with Crippen LogP contribution in [-0.4, -0.2) is 60.9 Å². The van der Waals surface area contributed by atoms with Crippen LogP contribution in [0.1, 0.15) is 28.5 Å². The maximum absolute atomic E-state index is 12.9. The maximum atomic E-state index is 12.9. The molecule has 2 heterocycles. The first-order valence-electron chi connectivity index (χ1n) is 9.46. The summed E-state index contributed by atoms with van der Waals surface area (Å²) in [6.07, 6.45) is 0.740. The molecule has 0 radical (unpaired) electrons. The summed E-state index contributed by atoms with van der Waals surface area (Å²) in [5.74, 6) is -0.675. The smallest absolute Gasteiger partial charge is 0.295 e. The van der Waals surface area contributed by atoms with Crippen molar-refractivity contribution in [2.75, 3.05) is 34.3 Å². The van der Waals surface area contributed by atoms with E-state index in [0.717, 1.165) is 23.4 Å². The molecule has 1 fully saturated rings. The van der Waals surface area contributed by atoms with Crippen LogP contribution < -0.4 is 4.74 Å². The number of nitrogens with zero attached hydrogens (tertiary/aromatic N) is 2. The fourth-order valence-corrected chi connectivity index (χ4v) is 4.43. The van der Waals surface area contributed by atoms with Gasteiger partial charge in [0.25, 0.3) is 11.7 Å². The standard InChI is InChI=1S/C22H26N2O4S/c1-14-13-15(28-4)8-9-16(14)20(25)18-19(17-7-5-12-29-17)24(22(27)21(18)26)11-6-10-23(2)3/h5,7-9,12-13,19,25H,6,10-11H2,1-4H3/b20-18+. The van der Waals surface area contributed by atoms with Gasteiger partial charge in [-0.25, -0.2) is 0 Å². The Morgan fingerprint density at radius 3 is 2.62 bits per heavy atom. The highest BCUT2D eigenvalue weighted by atomic mass is 32.1. The molecule has 0 bridgehead atoms. The number of aliphatic hydroxyl groups excluding tert-OH is 1. The topological polar surface area (TPSA) is 70.1 Å². The van der Waals surface area contributed by atoms with E-state index in [1.54, 1.807) is 30.2 Å². The van der Waals surface area contributed by atoms with Gasteiger partial charge in [0.2, 0.25) is 0 Å². The molecule has 0 spiro atoms. The second kappa shape index (κ2) is 8.80. The predicted octanol–water partition coefficient (Wildman–Crippen LogP) is 3.44. The van der Waals surface area contributed by atoms with Crippen molar-refractivity contribution in [1.82, 2.24) is 9.80 Å². The third kappa shape index (κ3) is 4.21. The third-order valence-electron chi connectivity index (χ3n) is 5.05. The molecule has 1 aromatic heterocycles. The minimum absolute atomic E-state index is 0.142. The van der Waals surface area contributed by atoms with Crippen molar-refractivity contribution in [3.63, 3.8) is 0 Å². The predicted molar refractivity (Wildman–Crippen MR) is 114 cm³/mol. The molecule has 7 heteroatoms. The van der Waals surface area contributed by atoms with Crippen LogP contribution in [-0.2, 0) is 9.59 Å². The SMILES string of the molecule is COc1ccc(/C(O)=C2\C(=O)C(=O)N(CCCN(C)C)C2c2cccs2)c(C)c1. The Morgan fingerprint density at radius 2 is 2.03 bits per heavy atom. The second-order valence-corrected chi connectivity index (χ2v) is 8.32. The van der Waals surface area contributed by atoms with Gasteiger partial charge in [-0.15, -0.1) is 11.3 Å². The van der Waals surface area contributed by atoms with E-state index < -0.39 is 17.7 Å². The molecular formula is C22H26N2O4S. The van der Waals surface area contributed by atoms with Crippen molar-refractivity contribution in [2.45, 2.75) is 19.4 Å². The van der Waals surface area contributed by atoms with Crippen LogP contribution >= 0.6 is 11.3 Å². The van der Waals surface area contributed by atoms with Crippen LogP contribution in [0.3, 0.4) is 0 Å². The van der Waals surface area contributed by atoms with Crippen molar-refractivity contribution in [1.29, 1.82) is 0 Å². The lowest BCUT2D eigenvalue weighted by Crippen LogP contribution is -2.32. The lowest BCUT2D eigenvalue weighted by Gasteiger charge is -2.24. The van der Waals surface area contributed by atoms with E-state index in [1.807, 2.05) is 43.4 Å². The van der Waals surface area contributed by atoms with E-state index in [9.17, 15) is 14.7 Å². The molecule has 154 valence electrons. The third-order valence-corrected chi connectivity index (χ3v) is 5.97. The molecular weight excluding hydrogens is 388 g/mol. The Labute approximate surface area is 175 Å². The lowest BCUT2D eigenvalue weighted by molar-refractivity contribution is -0.139. The van der Waals surface area contributed by atoms with Crippen LogP contribution in [0.25, 0.3) is 5.76 Å². The van der Waals surface area contributed by atoms with E-state index in [-0.39, 0.29) is 11.3 Å². The van der Waals surface area contributed by atoms with Crippen molar-refractivity contribution >= 4 is 28.8 Å². The Hall–Kier alpha value is -2.64. The molecule has 29 heavy (non-hydrogen) atoms. The molecule has 1 saturated heterocycles. The van der Waals surface area contributed by atoms with E-state index in [4.69, 9.17) is 4.74 Å². The molecule has 1 aliphatic rings. The molecule has 1 atom stereocenters. The number of hydrogen-bond donors (Lipinski definition) is 1. The monoisotopic (exact) mass is 414 g/mol. The Balaban J connectivity index is 2.06. The molecule has 1 aromatic carbocycles. The molecule has 1 unspecified atom stereocenters. The number of carbonyl (C=O) groups is 2. The first-order chi connectivity index (χ1) is 13.8. The van der Waals surface area contributed by atoms with Crippen molar-refractivity contribution in [3.8, 4) is 5.75 Å². The summed E-state index contributed by atoms with van der Waals surface area (Å²) in [5.41, 5.74) is 1.44. The van der Waals surface area contributed by atoms with Gasteiger partial charge in [0, 0.05) is 17.0 Å². The van der Waals surface area contributed by atoms with Gasteiger partial charge in [-0.1, -0.05) is 6.07 Å². The number of amides is 1. The summed E-state index contributed by atoms with van der Waals surface area (Å²) < 4.78 is 5.22.